The monoisotopic (exact) mass is 595 g/mol. The van der Waals surface area contributed by atoms with Crippen molar-refractivity contribution in [3.63, 3.8) is 0 Å². The minimum Gasteiger partial charge on any atom is -0.450 e. The van der Waals surface area contributed by atoms with Gasteiger partial charge in [0.1, 0.15) is 0 Å². The molecular formula is C24H29N5O7S3. The molecule has 1 aliphatic heterocycles. The summed E-state index contributed by atoms with van der Waals surface area (Å²) in [5.74, 6) is -0.565. The Morgan fingerprint density at radius 3 is 2.21 bits per heavy atom. The lowest BCUT2D eigenvalue weighted by Crippen LogP contribution is -2.50. The van der Waals surface area contributed by atoms with Crippen LogP contribution in [0.1, 0.15) is 30.6 Å². The molecule has 0 saturated carbocycles. The van der Waals surface area contributed by atoms with Gasteiger partial charge in [0, 0.05) is 38.3 Å². The van der Waals surface area contributed by atoms with Crippen molar-refractivity contribution < 1.29 is 31.2 Å². The molecule has 39 heavy (non-hydrogen) atoms. The van der Waals surface area contributed by atoms with Crippen LogP contribution in [-0.2, 0) is 31.3 Å². The fraction of sp³-hybridized carbons (Fsp3) is 0.375. The van der Waals surface area contributed by atoms with Crippen LogP contribution >= 0.6 is 11.3 Å². The second-order valence-electron chi connectivity index (χ2n) is 8.74. The predicted molar refractivity (Wildman–Crippen MR) is 145 cm³/mol. The highest BCUT2D eigenvalue weighted by atomic mass is 32.2. The summed E-state index contributed by atoms with van der Waals surface area (Å²) in [5, 5.41) is 5.25. The smallest absolute Gasteiger partial charge is 0.409 e. The Morgan fingerprint density at radius 1 is 0.974 bits per heavy atom. The molecule has 0 bridgehead atoms. The molecule has 12 nitrogen and oxygen atoms in total. The van der Waals surface area contributed by atoms with Crippen molar-refractivity contribution in [2.75, 3.05) is 32.8 Å². The van der Waals surface area contributed by atoms with E-state index in [1.54, 1.807) is 13.0 Å². The third kappa shape index (κ3) is 6.22. The molecule has 15 heteroatoms. The zero-order valence-corrected chi connectivity index (χ0v) is 23.9. The van der Waals surface area contributed by atoms with Gasteiger partial charge in [-0.2, -0.15) is 9.30 Å². The summed E-state index contributed by atoms with van der Waals surface area (Å²) in [6, 6.07) is 10.0. The molecule has 2 aromatic carbocycles. The number of sulfonamides is 2. The molecular weight excluding hydrogens is 566 g/mol. The maximum atomic E-state index is 13.1. The lowest BCUT2D eigenvalue weighted by Gasteiger charge is -2.33. The Labute approximate surface area is 230 Å². The summed E-state index contributed by atoms with van der Waals surface area (Å²) >= 11 is 1.16. The van der Waals surface area contributed by atoms with Gasteiger partial charge >= 0.3 is 6.09 Å². The van der Waals surface area contributed by atoms with Crippen molar-refractivity contribution in [2.24, 2.45) is 10.1 Å². The molecule has 2 amide bonds. The van der Waals surface area contributed by atoms with Gasteiger partial charge in [-0.15, -0.1) is 0 Å². The molecule has 2 N–H and O–H groups in total. The zero-order valence-electron chi connectivity index (χ0n) is 21.4. The van der Waals surface area contributed by atoms with Crippen molar-refractivity contribution >= 4 is 53.6 Å². The lowest BCUT2D eigenvalue weighted by molar-refractivity contribution is 0.0933. The Morgan fingerprint density at radius 2 is 1.62 bits per heavy atom. The number of ether oxygens (including phenoxy) is 1. The van der Waals surface area contributed by atoms with Crippen LogP contribution in [0.2, 0.25) is 0 Å². The highest BCUT2D eigenvalue weighted by molar-refractivity contribution is 7.89. The molecule has 4 rings (SSSR count). The molecule has 0 unspecified atom stereocenters. The van der Waals surface area contributed by atoms with Crippen LogP contribution in [0.4, 0.5) is 4.79 Å². The molecule has 0 radical (unpaired) electrons. The fourth-order valence-corrected chi connectivity index (χ4v) is 7.28. The van der Waals surface area contributed by atoms with Crippen LogP contribution in [0, 0.1) is 0 Å². The number of primary sulfonamides is 1. The van der Waals surface area contributed by atoms with Crippen LogP contribution in [0.25, 0.3) is 10.2 Å². The predicted octanol–water partition coefficient (Wildman–Crippen LogP) is 1.96. The Kier molecular flexibility index (Phi) is 8.56. The van der Waals surface area contributed by atoms with Gasteiger partial charge in [0.05, 0.1) is 26.6 Å². The molecule has 0 aliphatic carbocycles. The summed E-state index contributed by atoms with van der Waals surface area (Å²) < 4.78 is 58.4. The number of aromatic nitrogens is 1. The first-order valence-corrected chi connectivity index (χ1v) is 16.0. The Balaban J connectivity index is 1.56. The number of aryl methyl sites for hydroxylation is 1. The number of hydrogen-bond donors (Lipinski definition) is 1. The van der Waals surface area contributed by atoms with E-state index in [0.29, 0.717) is 16.0 Å². The molecule has 1 saturated heterocycles. The number of rotatable bonds is 7. The van der Waals surface area contributed by atoms with Gasteiger partial charge in [-0.1, -0.05) is 18.3 Å². The van der Waals surface area contributed by atoms with E-state index in [2.05, 4.69) is 4.99 Å². The minimum absolute atomic E-state index is 0.0297. The second kappa shape index (κ2) is 11.6. The third-order valence-electron chi connectivity index (χ3n) is 6.13. The molecule has 1 aromatic heterocycles. The van der Waals surface area contributed by atoms with E-state index >= 15 is 0 Å². The topological polar surface area (TPSA) is 161 Å². The van der Waals surface area contributed by atoms with Gasteiger partial charge in [0.2, 0.25) is 20.0 Å². The van der Waals surface area contributed by atoms with Crippen molar-refractivity contribution in [3.8, 4) is 0 Å². The number of thiazole rings is 1. The van der Waals surface area contributed by atoms with E-state index in [-0.39, 0.29) is 48.1 Å². The summed E-state index contributed by atoms with van der Waals surface area (Å²) in [7, 11) is -7.71. The Bertz CT molecular complexity index is 1670. The molecule has 0 atom stereocenters. The van der Waals surface area contributed by atoms with Gasteiger partial charge in [-0.05, 0) is 55.8 Å². The maximum Gasteiger partial charge on any atom is 0.409 e. The first-order valence-electron chi connectivity index (χ1n) is 12.2. The average Bonchev–Trinajstić information content (AvgIpc) is 3.24. The molecule has 1 aliphatic rings. The second-order valence-corrected chi connectivity index (χ2v) is 13.3. The van der Waals surface area contributed by atoms with Crippen molar-refractivity contribution in [3.05, 3.63) is 52.8 Å². The molecule has 0 spiro atoms. The van der Waals surface area contributed by atoms with Crippen molar-refractivity contribution in [1.82, 2.24) is 13.8 Å². The van der Waals surface area contributed by atoms with E-state index in [4.69, 9.17) is 9.88 Å². The summed E-state index contributed by atoms with van der Waals surface area (Å²) in [6.45, 7) is 5.19. The maximum absolute atomic E-state index is 13.1. The molecule has 3 aromatic rings. The number of fused-ring (bicyclic) bond motifs is 1. The van der Waals surface area contributed by atoms with Crippen LogP contribution in [0.15, 0.2) is 57.2 Å². The van der Waals surface area contributed by atoms with E-state index < -0.39 is 32.0 Å². The SMILES string of the molecule is CCCn1c(=NC(=O)c2ccc(S(=O)(=O)N3CCN(C(=O)OCC)CC3)cc2)sc2cc(S(N)(=O)=O)ccc21. The highest BCUT2D eigenvalue weighted by Gasteiger charge is 2.30. The fourth-order valence-electron chi connectivity index (χ4n) is 4.15. The first-order chi connectivity index (χ1) is 18.5. The minimum atomic E-state index is -3.89. The largest absolute Gasteiger partial charge is 0.450 e. The number of hydrogen-bond acceptors (Lipinski definition) is 8. The standard InChI is InChI=1S/C24H29N5O7S3/c1-3-11-29-20-10-9-19(38(25,32)33)16-21(20)37-23(29)26-22(30)17-5-7-18(8-6-17)39(34,35)28-14-12-27(13-15-28)24(31)36-4-2/h5-10,16H,3-4,11-15H2,1-2H3,(H2,25,32,33). The number of nitrogens with two attached hydrogens (primary N) is 1. The molecule has 1 fully saturated rings. The van der Waals surface area contributed by atoms with Gasteiger partial charge in [0.15, 0.2) is 4.80 Å². The van der Waals surface area contributed by atoms with Gasteiger partial charge in [-0.25, -0.2) is 26.8 Å². The first kappa shape index (κ1) is 28.9. The highest BCUT2D eigenvalue weighted by Crippen LogP contribution is 2.22. The van der Waals surface area contributed by atoms with Crippen LogP contribution in [0.5, 0.6) is 0 Å². The van der Waals surface area contributed by atoms with Crippen LogP contribution in [-0.4, -0.2) is 75.4 Å². The van der Waals surface area contributed by atoms with Crippen molar-refractivity contribution in [1.29, 1.82) is 0 Å². The summed E-state index contributed by atoms with van der Waals surface area (Å²) in [6.07, 6.45) is 0.287. The number of benzene rings is 2. The van der Waals surface area contributed by atoms with Gasteiger partial charge < -0.3 is 14.2 Å². The van der Waals surface area contributed by atoms with Crippen LogP contribution < -0.4 is 9.94 Å². The molecule has 2 heterocycles. The third-order valence-corrected chi connectivity index (χ3v) is 10.00. The number of amides is 2. The number of carbonyl (C=O) groups excluding carboxylic acids is 2. The van der Waals surface area contributed by atoms with E-state index in [1.165, 1.54) is 45.6 Å². The van der Waals surface area contributed by atoms with Gasteiger partial charge in [-0.3, -0.25) is 4.79 Å². The Hall–Kier alpha value is -3.11. The molecule has 210 valence electrons. The van der Waals surface area contributed by atoms with Crippen molar-refractivity contribution in [2.45, 2.75) is 36.6 Å². The van der Waals surface area contributed by atoms with E-state index in [9.17, 15) is 26.4 Å². The number of piperazine rings is 1. The van der Waals surface area contributed by atoms with Crippen LogP contribution in [0.3, 0.4) is 0 Å². The van der Waals surface area contributed by atoms with Gasteiger partial charge in [0.25, 0.3) is 5.91 Å². The van der Waals surface area contributed by atoms with E-state index in [1.807, 2.05) is 11.5 Å². The number of carbonyl (C=O) groups is 2. The summed E-state index contributed by atoms with van der Waals surface area (Å²) in [5.41, 5.74) is 0.928. The lowest BCUT2D eigenvalue weighted by atomic mass is 10.2. The zero-order chi connectivity index (χ0) is 28.4. The normalized spacial score (nSPS) is 15.6. The number of nitrogens with zero attached hydrogens (tertiary/aromatic N) is 4. The average molecular weight is 596 g/mol. The summed E-state index contributed by atoms with van der Waals surface area (Å²) in [4.78, 5) is 31.0. The van der Waals surface area contributed by atoms with E-state index in [0.717, 1.165) is 23.3 Å². The quantitative estimate of drug-likeness (QED) is 0.437.